The third-order valence-electron chi connectivity index (χ3n) is 4.51. The molecule has 2 aliphatic heterocycles. The third-order valence-corrected chi connectivity index (χ3v) is 4.51. The first kappa shape index (κ1) is 10.1. The Labute approximate surface area is 91.4 Å². The summed E-state index contributed by atoms with van der Waals surface area (Å²) in [5, 5.41) is 14.2. The van der Waals surface area contributed by atoms with Gasteiger partial charge in [0.05, 0.1) is 5.60 Å². The topological polar surface area (TPSA) is 58.3 Å². The van der Waals surface area contributed by atoms with E-state index in [1.165, 1.54) is 25.7 Å². The Bertz CT molecular complexity index is 240. The molecule has 3 heteroatoms. The van der Waals surface area contributed by atoms with Crippen molar-refractivity contribution in [1.29, 1.82) is 0 Å². The Balaban J connectivity index is 1.66. The zero-order valence-electron chi connectivity index (χ0n) is 9.28. The number of nitrogens with one attached hydrogen (secondary N) is 1. The smallest absolute Gasteiger partial charge is 0.0827 e. The number of hydrogen-bond donors (Lipinski definition) is 3. The van der Waals surface area contributed by atoms with Gasteiger partial charge in [-0.1, -0.05) is 12.8 Å². The van der Waals surface area contributed by atoms with Crippen molar-refractivity contribution in [3.05, 3.63) is 0 Å². The second-order valence-corrected chi connectivity index (χ2v) is 5.94. The Morgan fingerprint density at radius 1 is 1.20 bits per heavy atom. The molecule has 0 aromatic rings. The number of rotatable bonds is 3. The lowest BCUT2D eigenvalue weighted by Crippen LogP contribution is -2.57. The van der Waals surface area contributed by atoms with E-state index < -0.39 is 5.60 Å². The average Bonchev–Trinajstić information content (AvgIpc) is 2.92. The van der Waals surface area contributed by atoms with E-state index in [4.69, 9.17) is 5.73 Å². The molecule has 1 aliphatic carbocycles. The molecule has 0 radical (unpaired) electrons. The quantitative estimate of drug-likeness (QED) is 0.644. The van der Waals surface area contributed by atoms with Gasteiger partial charge in [0, 0.05) is 18.1 Å². The molecule has 0 aromatic heterocycles. The van der Waals surface area contributed by atoms with Crippen LogP contribution >= 0.6 is 0 Å². The van der Waals surface area contributed by atoms with Crippen molar-refractivity contribution in [2.24, 2.45) is 11.7 Å². The Kier molecular flexibility index (Phi) is 2.31. The summed E-state index contributed by atoms with van der Waals surface area (Å²) in [6, 6.07) is 1.06. The van der Waals surface area contributed by atoms with E-state index in [0.717, 1.165) is 25.2 Å². The van der Waals surface area contributed by atoms with Crippen LogP contribution in [-0.4, -0.2) is 28.8 Å². The zero-order valence-corrected chi connectivity index (χ0v) is 9.28. The first-order valence-electron chi connectivity index (χ1n) is 6.40. The van der Waals surface area contributed by atoms with Crippen molar-refractivity contribution in [1.82, 2.24) is 5.32 Å². The summed E-state index contributed by atoms with van der Waals surface area (Å²) in [7, 11) is 0. The summed E-state index contributed by atoms with van der Waals surface area (Å²) in [6.45, 7) is 0. The van der Waals surface area contributed by atoms with Crippen molar-refractivity contribution < 1.29 is 5.11 Å². The predicted octanol–water partition coefficient (Wildman–Crippen LogP) is 0.759. The molecular weight excluding hydrogens is 188 g/mol. The number of hydrogen-bond acceptors (Lipinski definition) is 3. The van der Waals surface area contributed by atoms with Gasteiger partial charge >= 0.3 is 0 Å². The monoisotopic (exact) mass is 210 g/mol. The van der Waals surface area contributed by atoms with Crippen molar-refractivity contribution in [2.45, 2.75) is 68.7 Å². The minimum absolute atomic E-state index is 0.00944. The molecule has 0 spiro atoms. The molecule has 2 saturated heterocycles. The molecule has 0 amide bonds. The third kappa shape index (κ3) is 1.93. The molecule has 15 heavy (non-hydrogen) atoms. The second kappa shape index (κ2) is 3.44. The average molecular weight is 210 g/mol. The molecule has 3 unspecified atom stereocenters. The van der Waals surface area contributed by atoms with E-state index in [-0.39, 0.29) is 6.04 Å². The van der Waals surface area contributed by atoms with Crippen LogP contribution in [0.5, 0.6) is 0 Å². The number of piperidine rings is 1. The highest BCUT2D eigenvalue weighted by Gasteiger charge is 2.46. The van der Waals surface area contributed by atoms with Crippen molar-refractivity contribution >= 4 is 0 Å². The minimum atomic E-state index is -0.570. The Morgan fingerprint density at radius 2 is 1.80 bits per heavy atom. The fourth-order valence-corrected chi connectivity index (χ4v) is 3.40. The van der Waals surface area contributed by atoms with E-state index in [2.05, 4.69) is 5.32 Å². The molecule has 3 fully saturated rings. The minimum Gasteiger partial charge on any atom is -0.388 e. The van der Waals surface area contributed by atoms with E-state index >= 15 is 0 Å². The first-order chi connectivity index (χ1) is 7.16. The summed E-state index contributed by atoms with van der Waals surface area (Å²) in [4.78, 5) is 0. The van der Waals surface area contributed by atoms with Crippen molar-refractivity contribution in [3.63, 3.8) is 0 Å². The largest absolute Gasteiger partial charge is 0.388 e. The van der Waals surface area contributed by atoms with Crippen LogP contribution in [-0.2, 0) is 0 Å². The molecule has 3 aliphatic rings. The van der Waals surface area contributed by atoms with Crippen molar-refractivity contribution in [3.8, 4) is 0 Å². The molecule has 3 rings (SSSR count). The zero-order chi connectivity index (χ0) is 10.5. The molecule has 3 nitrogen and oxygen atoms in total. The predicted molar refractivity (Wildman–Crippen MR) is 59.4 cm³/mol. The molecule has 86 valence electrons. The SMILES string of the molecule is NC(CC1CC1)C1(O)CC2CCC(C1)N2. The van der Waals surface area contributed by atoms with Gasteiger partial charge in [0.1, 0.15) is 0 Å². The molecule has 2 heterocycles. The summed E-state index contributed by atoms with van der Waals surface area (Å²) < 4.78 is 0. The lowest BCUT2D eigenvalue weighted by molar-refractivity contribution is -0.0321. The molecule has 1 saturated carbocycles. The van der Waals surface area contributed by atoms with E-state index in [1.54, 1.807) is 0 Å². The van der Waals surface area contributed by atoms with Crippen molar-refractivity contribution in [2.75, 3.05) is 0 Å². The molecule has 0 aromatic carbocycles. The maximum atomic E-state index is 10.6. The number of aliphatic hydroxyl groups is 1. The standard InChI is InChI=1S/C12H22N2O/c13-11(5-8-1-2-8)12(15)6-9-3-4-10(7-12)14-9/h8-11,14-15H,1-7,13H2. The van der Waals surface area contributed by atoms with Crippen LogP contribution in [0.4, 0.5) is 0 Å². The molecule has 4 N–H and O–H groups in total. The fraction of sp³-hybridized carbons (Fsp3) is 1.00. The Hall–Kier alpha value is -0.120. The van der Waals surface area contributed by atoms with E-state index in [1.807, 2.05) is 0 Å². The van der Waals surface area contributed by atoms with Crippen LogP contribution in [0.2, 0.25) is 0 Å². The summed E-state index contributed by atoms with van der Waals surface area (Å²) in [5.74, 6) is 0.816. The van der Waals surface area contributed by atoms with Gasteiger partial charge in [-0.05, 0) is 38.0 Å². The lowest BCUT2D eigenvalue weighted by atomic mass is 9.79. The van der Waals surface area contributed by atoms with Crippen LogP contribution in [0, 0.1) is 5.92 Å². The van der Waals surface area contributed by atoms with Gasteiger partial charge in [-0.3, -0.25) is 0 Å². The maximum Gasteiger partial charge on any atom is 0.0827 e. The Morgan fingerprint density at radius 3 is 2.33 bits per heavy atom. The molecular formula is C12H22N2O. The highest BCUT2D eigenvalue weighted by atomic mass is 16.3. The summed E-state index contributed by atoms with van der Waals surface area (Å²) in [6.07, 6.45) is 7.89. The fourth-order valence-electron chi connectivity index (χ4n) is 3.40. The summed E-state index contributed by atoms with van der Waals surface area (Å²) in [5.41, 5.74) is 5.63. The second-order valence-electron chi connectivity index (χ2n) is 5.94. The van der Waals surface area contributed by atoms with Crippen LogP contribution in [0.15, 0.2) is 0 Å². The van der Waals surface area contributed by atoms with Crippen LogP contribution in [0.1, 0.15) is 44.9 Å². The maximum absolute atomic E-state index is 10.6. The molecule has 3 atom stereocenters. The van der Waals surface area contributed by atoms with Gasteiger partial charge in [-0.25, -0.2) is 0 Å². The van der Waals surface area contributed by atoms with Gasteiger partial charge < -0.3 is 16.2 Å². The number of fused-ring (bicyclic) bond motifs is 2. The van der Waals surface area contributed by atoms with E-state index in [9.17, 15) is 5.11 Å². The molecule has 2 bridgehead atoms. The van der Waals surface area contributed by atoms with E-state index in [0.29, 0.717) is 12.1 Å². The van der Waals surface area contributed by atoms with Crippen LogP contribution in [0.25, 0.3) is 0 Å². The van der Waals surface area contributed by atoms with Gasteiger partial charge in [-0.2, -0.15) is 0 Å². The van der Waals surface area contributed by atoms with Gasteiger partial charge in [0.2, 0.25) is 0 Å². The van der Waals surface area contributed by atoms with Gasteiger partial charge in [-0.15, -0.1) is 0 Å². The normalized spacial score (nSPS) is 46.8. The highest BCUT2D eigenvalue weighted by Crippen LogP contribution is 2.40. The summed E-state index contributed by atoms with van der Waals surface area (Å²) >= 11 is 0. The van der Waals surface area contributed by atoms with Crippen LogP contribution < -0.4 is 11.1 Å². The van der Waals surface area contributed by atoms with Gasteiger partial charge in [0.25, 0.3) is 0 Å². The van der Waals surface area contributed by atoms with Gasteiger partial charge in [0.15, 0.2) is 0 Å². The highest BCUT2D eigenvalue weighted by molar-refractivity contribution is 5.05. The lowest BCUT2D eigenvalue weighted by Gasteiger charge is -2.41. The first-order valence-corrected chi connectivity index (χ1v) is 6.40. The van der Waals surface area contributed by atoms with Crippen LogP contribution in [0.3, 0.4) is 0 Å². The number of nitrogens with two attached hydrogens (primary N) is 1.